The van der Waals surface area contributed by atoms with Crippen LogP contribution in [0.1, 0.15) is 51.5 Å². The number of imide groups is 2. The second-order valence-corrected chi connectivity index (χ2v) is 8.43. The number of rotatable bonds is 4. The first-order valence-electron chi connectivity index (χ1n) is 10.4. The quantitative estimate of drug-likeness (QED) is 0.628. The van der Waals surface area contributed by atoms with E-state index < -0.39 is 17.8 Å². The molecule has 1 aliphatic carbocycles. The van der Waals surface area contributed by atoms with E-state index in [1.807, 2.05) is 30.5 Å². The molecule has 0 atom stereocenters. The number of amides is 4. The number of carbonyl (C=O) groups excluding carboxylic acids is 3. The number of carbonyl (C=O) groups is 3. The number of barbiturate groups is 1. The maximum Gasteiger partial charge on any atom is 0.331 e. The van der Waals surface area contributed by atoms with Crippen LogP contribution in [-0.4, -0.2) is 33.4 Å². The van der Waals surface area contributed by atoms with Gasteiger partial charge in [-0.25, -0.2) is 4.79 Å². The Morgan fingerprint density at radius 1 is 1.10 bits per heavy atom. The molecule has 2 aromatic rings. The Morgan fingerprint density at radius 3 is 2.55 bits per heavy atom. The average molecular weight is 393 g/mol. The highest BCUT2D eigenvalue weighted by atomic mass is 16.2. The number of nitrogens with one attached hydrogen (secondary N) is 1. The van der Waals surface area contributed by atoms with E-state index in [1.165, 1.54) is 4.90 Å². The molecule has 1 aliphatic heterocycles. The number of hydrogen-bond donors (Lipinski definition) is 1. The van der Waals surface area contributed by atoms with Gasteiger partial charge in [-0.1, -0.05) is 51.3 Å². The van der Waals surface area contributed by atoms with Crippen molar-refractivity contribution >= 4 is 34.8 Å². The average Bonchev–Trinajstić information content (AvgIpc) is 3.03. The van der Waals surface area contributed by atoms with Crippen molar-refractivity contribution in [2.24, 2.45) is 5.92 Å². The summed E-state index contributed by atoms with van der Waals surface area (Å²) >= 11 is 0. The van der Waals surface area contributed by atoms with E-state index in [9.17, 15) is 14.4 Å². The zero-order chi connectivity index (χ0) is 20.5. The van der Waals surface area contributed by atoms with E-state index in [2.05, 4.69) is 23.7 Å². The molecule has 2 aliphatic rings. The van der Waals surface area contributed by atoms with Crippen molar-refractivity contribution in [3.8, 4) is 0 Å². The normalized spacial score (nSPS) is 20.2. The van der Waals surface area contributed by atoms with Gasteiger partial charge in [-0.3, -0.25) is 19.8 Å². The molecule has 1 saturated heterocycles. The van der Waals surface area contributed by atoms with E-state index in [0.29, 0.717) is 5.92 Å². The zero-order valence-corrected chi connectivity index (χ0v) is 17.0. The second kappa shape index (κ2) is 7.85. The molecule has 2 fully saturated rings. The van der Waals surface area contributed by atoms with Crippen molar-refractivity contribution in [1.29, 1.82) is 0 Å². The number of benzene rings is 1. The Labute approximate surface area is 170 Å². The summed E-state index contributed by atoms with van der Waals surface area (Å²) in [6.45, 7) is 5.15. The molecule has 1 saturated carbocycles. The number of urea groups is 1. The molecule has 29 heavy (non-hydrogen) atoms. The van der Waals surface area contributed by atoms with Gasteiger partial charge in [-0.05, 0) is 30.9 Å². The van der Waals surface area contributed by atoms with Crippen LogP contribution in [0.2, 0.25) is 0 Å². The fourth-order valence-corrected chi connectivity index (χ4v) is 4.43. The first-order valence-corrected chi connectivity index (χ1v) is 10.4. The van der Waals surface area contributed by atoms with Crippen LogP contribution in [-0.2, 0) is 16.1 Å². The molecule has 2 heterocycles. The van der Waals surface area contributed by atoms with E-state index in [-0.39, 0.29) is 11.6 Å². The molecule has 1 aromatic carbocycles. The molecular weight excluding hydrogens is 366 g/mol. The van der Waals surface area contributed by atoms with E-state index in [4.69, 9.17) is 0 Å². The molecule has 0 spiro atoms. The van der Waals surface area contributed by atoms with Crippen LogP contribution in [0.25, 0.3) is 17.0 Å². The lowest BCUT2D eigenvalue weighted by Gasteiger charge is -2.35. The van der Waals surface area contributed by atoms with Crippen molar-refractivity contribution in [3.05, 3.63) is 41.6 Å². The van der Waals surface area contributed by atoms with E-state index in [1.54, 1.807) is 6.08 Å². The third-order valence-corrected chi connectivity index (χ3v) is 5.75. The van der Waals surface area contributed by atoms with Gasteiger partial charge >= 0.3 is 6.03 Å². The molecule has 0 unspecified atom stereocenters. The van der Waals surface area contributed by atoms with Crippen LogP contribution in [0, 0.1) is 5.92 Å². The lowest BCUT2D eigenvalue weighted by atomic mass is 9.93. The molecule has 6 heteroatoms. The Bertz CT molecular complexity index is 996. The highest BCUT2D eigenvalue weighted by Crippen LogP contribution is 2.28. The zero-order valence-electron chi connectivity index (χ0n) is 17.0. The fourth-order valence-electron chi connectivity index (χ4n) is 4.43. The number of nitrogens with zero attached hydrogens (tertiary/aromatic N) is 2. The third-order valence-electron chi connectivity index (χ3n) is 5.75. The molecule has 4 amide bonds. The van der Waals surface area contributed by atoms with Gasteiger partial charge in [0.2, 0.25) is 0 Å². The Hall–Kier alpha value is -2.89. The Morgan fingerprint density at radius 2 is 1.83 bits per heavy atom. The van der Waals surface area contributed by atoms with Gasteiger partial charge < -0.3 is 4.57 Å². The lowest BCUT2D eigenvalue weighted by molar-refractivity contribution is -0.132. The predicted octanol–water partition coefficient (Wildman–Crippen LogP) is 4.09. The van der Waals surface area contributed by atoms with Crippen LogP contribution < -0.4 is 5.32 Å². The summed E-state index contributed by atoms with van der Waals surface area (Å²) in [5.41, 5.74) is 1.91. The minimum atomic E-state index is -0.618. The van der Waals surface area contributed by atoms with Crippen molar-refractivity contribution in [3.63, 3.8) is 0 Å². The molecule has 1 aromatic heterocycles. The topological polar surface area (TPSA) is 71.4 Å². The maximum atomic E-state index is 13.1. The van der Waals surface area contributed by atoms with Crippen LogP contribution in [0.5, 0.6) is 0 Å². The Balaban J connectivity index is 1.74. The smallest absolute Gasteiger partial charge is 0.331 e. The minimum absolute atomic E-state index is 0.0302. The monoisotopic (exact) mass is 393 g/mol. The number of aromatic nitrogens is 1. The van der Waals surface area contributed by atoms with Gasteiger partial charge in [0.25, 0.3) is 11.8 Å². The number of fused-ring (bicyclic) bond motifs is 1. The molecule has 0 radical (unpaired) electrons. The summed E-state index contributed by atoms with van der Waals surface area (Å²) in [6.07, 6.45) is 8.34. The summed E-state index contributed by atoms with van der Waals surface area (Å²) < 4.78 is 2.15. The molecule has 0 bridgehead atoms. The van der Waals surface area contributed by atoms with Crippen LogP contribution >= 0.6 is 0 Å². The third kappa shape index (κ3) is 3.71. The second-order valence-electron chi connectivity index (χ2n) is 8.43. The number of para-hydroxylation sites is 1. The summed E-state index contributed by atoms with van der Waals surface area (Å²) in [5, 5.41) is 3.35. The van der Waals surface area contributed by atoms with E-state index in [0.717, 1.165) is 55.1 Å². The van der Waals surface area contributed by atoms with Gasteiger partial charge in [0, 0.05) is 35.2 Å². The molecule has 1 N–H and O–H groups in total. The highest BCUT2D eigenvalue weighted by Gasteiger charge is 2.40. The highest BCUT2D eigenvalue weighted by molar-refractivity contribution is 6.31. The summed E-state index contributed by atoms with van der Waals surface area (Å²) in [7, 11) is 0. The van der Waals surface area contributed by atoms with Gasteiger partial charge in [0.1, 0.15) is 5.57 Å². The SMILES string of the molecule is CC(C)Cn1cc(/C=C2\C(=O)NC(=O)N(C3CCCCC3)C2=O)c2ccccc21. The minimum Gasteiger partial charge on any atom is -0.347 e. The van der Waals surface area contributed by atoms with E-state index >= 15 is 0 Å². The van der Waals surface area contributed by atoms with Crippen molar-refractivity contribution in [2.45, 2.75) is 58.5 Å². The van der Waals surface area contributed by atoms with Crippen LogP contribution in [0.15, 0.2) is 36.0 Å². The van der Waals surface area contributed by atoms with Gasteiger partial charge in [0.15, 0.2) is 0 Å². The first-order chi connectivity index (χ1) is 14.0. The van der Waals surface area contributed by atoms with Crippen molar-refractivity contribution in [1.82, 2.24) is 14.8 Å². The molecular formula is C23H27N3O3. The summed E-state index contributed by atoms with van der Waals surface area (Å²) in [5.74, 6) is -0.635. The largest absolute Gasteiger partial charge is 0.347 e. The summed E-state index contributed by atoms with van der Waals surface area (Å²) in [6, 6.07) is 7.25. The molecule has 6 nitrogen and oxygen atoms in total. The van der Waals surface area contributed by atoms with Crippen LogP contribution in [0.4, 0.5) is 4.79 Å². The Kier molecular flexibility index (Phi) is 5.26. The lowest BCUT2D eigenvalue weighted by Crippen LogP contribution is -2.58. The summed E-state index contributed by atoms with van der Waals surface area (Å²) in [4.78, 5) is 39.3. The molecule has 4 rings (SSSR count). The van der Waals surface area contributed by atoms with Crippen molar-refractivity contribution in [2.75, 3.05) is 0 Å². The van der Waals surface area contributed by atoms with Gasteiger partial charge in [-0.2, -0.15) is 0 Å². The van der Waals surface area contributed by atoms with Crippen LogP contribution in [0.3, 0.4) is 0 Å². The molecule has 152 valence electrons. The number of hydrogen-bond acceptors (Lipinski definition) is 3. The maximum absolute atomic E-state index is 13.1. The standard InChI is InChI=1S/C23H27N3O3/c1-15(2)13-25-14-16(18-10-6-7-11-20(18)25)12-19-21(27)24-23(29)26(22(19)28)17-8-4-3-5-9-17/h6-7,10-12,14-15,17H,3-5,8-9,13H2,1-2H3,(H,24,27,29)/b19-12+. The van der Waals surface area contributed by atoms with Gasteiger partial charge in [0.05, 0.1) is 0 Å². The first kappa shape index (κ1) is 19.4. The fraction of sp³-hybridized carbons (Fsp3) is 0.435. The van der Waals surface area contributed by atoms with Gasteiger partial charge in [-0.15, -0.1) is 0 Å². The van der Waals surface area contributed by atoms with Crippen molar-refractivity contribution < 1.29 is 14.4 Å². The predicted molar refractivity (Wildman–Crippen MR) is 112 cm³/mol.